The number of morpholine rings is 1. The van der Waals surface area contributed by atoms with Crippen molar-refractivity contribution in [2.24, 2.45) is 0 Å². The van der Waals surface area contributed by atoms with Gasteiger partial charge in [-0.05, 0) is 31.0 Å². The molecule has 7 nitrogen and oxygen atoms in total. The van der Waals surface area contributed by atoms with E-state index in [-0.39, 0.29) is 6.10 Å². The smallest absolute Gasteiger partial charge is 0.243 e. The van der Waals surface area contributed by atoms with Gasteiger partial charge in [-0.1, -0.05) is 12.1 Å². The van der Waals surface area contributed by atoms with E-state index in [0.29, 0.717) is 30.0 Å². The van der Waals surface area contributed by atoms with Gasteiger partial charge in [0.05, 0.1) is 24.4 Å². The van der Waals surface area contributed by atoms with E-state index < -0.39 is 0 Å². The lowest BCUT2D eigenvalue weighted by Crippen LogP contribution is -2.36. The molecule has 0 radical (unpaired) electrons. The highest BCUT2D eigenvalue weighted by molar-refractivity contribution is 5.83. The van der Waals surface area contributed by atoms with Gasteiger partial charge in [-0.3, -0.25) is 9.78 Å². The molecule has 5 rings (SSSR count). The number of ether oxygens (including phenoxy) is 2. The van der Waals surface area contributed by atoms with Crippen LogP contribution in [0.5, 0.6) is 5.88 Å². The summed E-state index contributed by atoms with van der Waals surface area (Å²) in [7, 11) is 0. The molecule has 3 aromatic rings. The van der Waals surface area contributed by atoms with Crippen molar-refractivity contribution >= 4 is 22.5 Å². The molecule has 154 valence electrons. The molecular formula is C23H24N4O3. The molecule has 3 heterocycles. The van der Waals surface area contributed by atoms with Crippen molar-refractivity contribution in [3.05, 3.63) is 42.7 Å². The lowest BCUT2D eigenvalue weighted by atomic mass is 9.96. The lowest BCUT2D eigenvalue weighted by molar-refractivity contribution is -0.121. The summed E-state index contributed by atoms with van der Waals surface area (Å²) in [5, 5.41) is 0. The molecule has 1 saturated heterocycles. The van der Waals surface area contributed by atoms with E-state index in [0.717, 1.165) is 55.9 Å². The molecule has 0 spiro atoms. The number of hydrogen-bond donors (Lipinski definition) is 0. The molecule has 1 aromatic carbocycles. The maximum atomic E-state index is 11.6. The van der Waals surface area contributed by atoms with E-state index in [1.54, 1.807) is 12.4 Å². The quantitative estimate of drug-likeness (QED) is 0.659. The number of aromatic nitrogens is 3. The molecule has 1 aliphatic carbocycles. The number of carbonyl (C=O) groups is 1. The van der Waals surface area contributed by atoms with Crippen LogP contribution in [0.15, 0.2) is 42.7 Å². The number of nitrogens with zero attached hydrogens (tertiary/aromatic N) is 4. The van der Waals surface area contributed by atoms with Gasteiger partial charge in [-0.2, -0.15) is 0 Å². The molecular weight excluding hydrogens is 380 g/mol. The normalized spacial score (nSPS) is 18.0. The van der Waals surface area contributed by atoms with E-state index in [9.17, 15) is 4.79 Å². The summed E-state index contributed by atoms with van der Waals surface area (Å²) in [4.78, 5) is 27.6. The standard InChI is InChI=1S/C23H24N4O3/c28-18-5-7-19(8-6-18)30-23-22-21(24-9-10-25-22)15-20(26-23)16-1-3-17(4-2-16)27-11-13-29-14-12-27/h1-4,9-10,15,19H,5-8,11-14H2. The van der Waals surface area contributed by atoms with Gasteiger partial charge in [0.15, 0.2) is 5.52 Å². The maximum Gasteiger partial charge on any atom is 0.243 e. The Kier molecular flexibility index (Phi) is 5.27. The number of pyridine rings is 1. The van der Waals surface area contributed by atoms with Crippen molar-refractivity contribution in [1.82, 2.24) is 15.0 Å². The molecule has 2 fully saturated rings. The lowest BCUT2D eigenvalue weighted by Gasteiger charge is -2.28. The first-order valence-corrected chi connectivity index (χ1v) is 10.5. The van der Waals surface area contributed by atoms with Crippen molar-refractivity contribution in [3.8, 4) is 17.1 Å². The van der Waals surface area contributed by atoms with Crippen molar-refractivity contribution in [3.63, 3.8) is 0 Å². The fourth-order valence-corrected chi connectivity index (χ4v) is 4.03. The minimum absolute atomic E-state index is 0.0145. The summed E-state index contributed by atoms with van der Waals surface area (Å²) in [6.45, 7) is 3.34. The SMILES string of the molecule is O=C1CCC(Oc2nc(-c3ccc(N4CCOCC4)cc3)cc3nccnc23)CC1. The first-order valence-electron chi connectivity index (χ1n) is 10.5. The number of Topliss-reactive ketones (excluding diaryl/α,β-unsaturated/α-hetero) is 1. The summed E-state index contributed by atoms with van der Waals surface area (Å²) in [6.07, 6.45) is 5.89. The zero-order valence-electron chi connectivity index (χ0n) is 16.8. The van der Waals surface area contributed by atoms with E-state index in [2.05, 4.69) is 39.1 Å². The predicted octanol–water partition coefficient (Wildman–Crippen LogP) is 3.42. The highest BCUT2D eigenvalue weighted by Gasteiger charge is 2.22. The number of hydrogen-bond acceptors (Lipinski definition) is 7. The third kappa shape index (κ3) is 3.98. The monoisotopic (exact) mass is 404 g/mol. The van der Waals surface area contributed by atoms with Gasteiger partial charge < -0.3 is 14.4 Å². The number of benzene rings is 1. The molecule has 0 atom stereocenters. The Morgan fingerprint density at radius 3 is 2.50 bits per heavy atom. The number of fused-ring (bicyclic) bond motifs is 1. The average Bonchev–Trinajstić information content (AvgIpc) is 2.81. The first kappa shape index (κ1) is 18.9. The molecule has 1 aliphatic heterocycles. The van der Waals surface area contributed by atoms with Gasteiger partial charge in [-0.25, -0.2) is 9.97 Å². The van der Waals surface area contributed by atoms with Crippen molar-refractivity contribution in [1.29, 1.82) is 0 Å². The minimum atomic E-state index is -0.0145. The van der Waals surface area contributed by atoms with Gasteiger partial charge in [0.25, 0.3) is 0 Å². The van der Waals surface area contributed by atoms with Crippen molar-refractivity contribution < 1.29 is 14.3 Å². The average molecular weight is 404 g/mol. The second kappa shape index (κ2) is 8.36. The number of anilines is 1. The van der Waals surface area contributed by atoms with Gasteiger partial charge in [0, 0.05) is 49.6 Å². The highest BCUT2D eigenvalue weighted by atomic mass is 16.5. The summed E-state index contributed by atoms with van der Waals surface area (Å²) >= 11 is 0. The van der Waals surface area contributed by atoms with Crippen LogP contribution >= 0.6 is 0 Å². The Hall–Kier alpha value is -3.06. The van der Waals surface area contributed by atoms with Gasteiger partial charge in [0.1, 0.15) is 11.9 Å². The van der Waals surface area contributed by atoms with Crippen LogP contribution in [0.2, 0.25) is 0 Å². The Morgan fingerprint density at radius 2 is 1.73 bits per heavy atom. The van der Waals surface area contributed by atoms with Crippen LogP contribution in [0.4, 0.5) is 5.69 Å². The maximum absolute atomic E-state index is 11.6. The van der Waals surface area contributed by atoms with Crippen LogP contribution in [0.1, 0.15) is 25.7 Å². The van der Waals surface area contributed by atoms with Crippen molar-refractivity contribution in [2.45, 2.75) is 31.8 Å². The third-order valence-corrected chi connectivity index (χ3v) is 5.73. The van der Waals surface area contributed by atoms with Crippen LogP contribution < -0.4 is 9.64 Å². The molecule has 30 heavy (non-hydrogen) atoms. The molecule has 2 aliphatic rings. The van der Waals surface area contributed by atoms with Gasteiger partial charge >= 0.3 is 0 Å². The molecule has 0 N–H and O–H groups in total. The van der Waals surface area contributed by atoms with Gasteiger partial charge in [0.2, 0.25) is 5.88 Å². The molecule has 0 unspecified atom stereocenters. The Labute approximate surface area is 175 Å². The Morgan fingerprint density at radius 1 is 1.00 bits per heavy atom. The molecule has 0 amide bonds. The van der Waals surface area contributed by atoms with Crippen LogP contribution in [0.3, 0.4) is 0 Å². The second-order valence-corrected chi connectivity index (χ2v) is 7.74. The second-order valence-electron chi connectivity index (χ2n) is 7.74. The van der Waals surface area contributed by atoms with E-state index in [1.165, 1.54) is 5.69 Å². The van der Waals surface area contributed by atoms with E-state index in [4.69, 9.17) is 14.5 Å². The van der Waals surface area contributed by atoms with Crippen LogP contribution in [-0.4, -0.2) is 53.1 Å². The Balaban J connectivity index is 1.44. The zero-order valence-corrected chi connectivity index (χ0v) is 16.8. The largest absolute Gasteiger partial charge is 0.473 e. The summed E-state index contributed by atoms with van der Waals surface area (Å²) in [5.74, 6) is 0.800. The van der Waals surface area contributed by atoms with Crippen molar-refractivity contribution in [2.75, 3.05) is 31.2 Å². The summed E-state index contributed by atoms with van der Waals surface area (Å²) in [5.41, 5.74) is 4.40. The van der Waals surface area contributed by atoms with Crippen LogP contribution in [-0.2, 0) is 9.53 Å². The summed E-state index contributed by atoms with van der Waals surface area (Å²) in [6, 6.07) is 10.4. The Bertz CT molecular complexity index is 1040. The topological polar surface area (TPSA) is 77.4 Å². The molecule has 1 saturated carbocycles. The molecule has 2 aromatic heterocycles. The predicted molar refractivity (Wildman–Crippen MR) is 114 cm³/mol. The van der Waals surface area contributed by atoms with E-state index in [1.807, 2.05) is 6.07 Å². The number of ketones is 1. The molecule has 0 bridgehead atoms. The number of rotatable bonds is 4. The van der Waals surface area contributed by atoms with Gasteiger partial charge in [-0.15, -0.1) is 0 Å². The van der Waals surface area contributed by atoms with Crippen LogP contribution in [0.25, 0.3) is 22.3 Å². The highest BCUT2D eigenvalue weighted by Crippen LogP contribution is 2.30. The van der Waals surface area contributed by atoms with E-state index >= 15 is 0 Å². The fraction of sp³-hybridized carbons (Fsp3) is 0.391. The van der Waals surface area contributed by atoms with Crippen LogP contribution in [0, 0.1) is 0 Å². The first-order chi connectivity index (χ1) is 14.8. The minimum Gasteiger partial charge on any atom is -0.473 e. The third-order valence-electron chi connectivity index (χ3n) is 5.73. The molecule has 7 heteroatoms. The zero-order chi connectivity index (χ0) is 20.3. The fourth-order valence-electron chi connectivity index (χ4n) is 4.03. The summed E-state index contributed by atoms with van der Waals surface area (Å²) < 4.78 is 11.6. The number of carbonyl (C=O) groups excluding carboxylic acids is 1.